The molecule has 1 aromatic rings. The number of ketones is 1. The first kappa shape index (κ1) is 18.7. The molecule has 0 N–H and O–H groups in total. The van der Waals surface area contributed by atoms with Crippen molar-refractivity contribution in [3.05, 3.63) is 35.4 Å². The number of ether oxygens (including phenoxy) is 1. The van der Waals surface area contributed by atoms with Gasteiger partial charge in [0.05, 0.1) is 5.41 Å². The summed E-state index contributed by atoms with van der Waals surface area (Å²) in [6.45, 7) is 8.18. The topological polar surface area (TPSA) is 43.4 Å². The predicted octanol–water partition coefficient (Wildman–Crippen LogP) is 5.31. The van der Waals surface area contributed by atoms with Crippen molar-refractivity contribution in [3.63, 3.8) is 0 Å². The Morgan fingerprint density at radius 3 is 1.89 bits per heavy atom. The molecule has 3 nitrogen and oxygen atoms in total. The number of Topliss-reactive ketones (excluding diaryl/α,β-unsaturated/α-hetero) is 1. The van der Waals surface area contributed by atoms with E-state index in [0.29, 0.717) is 23.3 Å². The fraction of sp³-hybridized carbons (Fsp3) is 0.667. The van der Waals surface area contributed by atoms with Crippen LogP contribution in [0, 0.1) is 23.2 Å². The summed E-state index contributed by atoms with van der Waals surface area (Å²) in [5.41, 5.74) is 1.56. The van der Waals surface area contributed by atoms with Crippen LogP contribution in [0.2, 0.25) is 0 Å². The molecular formula is C24H32O3. The third kappa shape index (κ3) is 3.46. The van der Waals surface area contributed by atoms with Crippen LogP contribution in [0.4, 0.5) is 0 Å². The highest BCUT2D eigenvalue weighted by atomic mass is 16.5. The van der Waals surface area contributed by atoms with Crippen LogP contribution < -0.4 is 0 Å². The van der Waals surface area contributed by atoms with Crippen molar-refractivity contribution in [2.45, 2.75) is 77.7 Å². The van der Waals surface area contributed by atoms with Gasteiger partial charge in [0.15, 0.2) is 6.10 Å². The average Bonchev–Trinajstić information content (AvgIpc) is 2.59. The molecule has 0 unspecified atom stereocenters. The minimum Gasteiger partial charge on any atom is -0.454 e. The Morgan fingerprint density at radius 1 is 0.963 bits per heavy atom. The zero-order valence-corrected chi connectivity index (χ0v) is 17.1. The zero-order chi connectivity index (χ0) is 19.4. The SMILES string of the molecule is C[C@H](OC(=O)C12CC3CC(CC(C3)C1)C2)C(=O)c1ccc(C(C)(C)C)cc1. The van der Waals surface area contributed by atoms with Gasteiger partial charge < -0.3 is 4.74 Å². The molecule has 1 atom stereocenters. The quantitative estimate of drug-likeness (QED) is 0.534. The van der Waals surface area contributed by atoms with Gasteiger partial charge in [-0.25, -0.2) is 0 Å². The summed E-state index contributed by atoms with van der Waals surface area (Å²) in [6, 6.07) is 7.72. The minimum atomic E-state index is -0.717. The molecule has 0 aliphatic heterocycles. The van der Waals surface area contributed by atoms with E-state index in [9.17, 15) is 9.59 Å². The summed E-state index contributed by atoms with van der Waals surface area (Å²) in [7, 11) is 0. The lowest BCUT2D eigenvalue weighted by atomic mass is 9.49. The predicted molar refractivity (Wildman–Crippen MR) is 106 cm³/mol. The number of hydrogen-bond acceptors (Lipinski definition) is 3. The molecule has 0 saturated heterocycles. The highest BCUT2D eigenvalue weighted by Crippen LogP contribution is 2.60. The summed E-state index contributed by atoms with van der Waals surface area (Å²) in [5.74, 6) is 1.86. The van der Waals surface area contributed by atoms with Crippen molar-refractivity contribution >= 4 is 11.8 Å². The molecule has 0 aromatic heterocycles. The number of carbonyl (C=O) groups is 2. The van der Waals surface area contributed by atoms with Gasteiger partial charge in [0.25, 0.3) is 0 Å². The van der Waals surface area contributed by atoms with Gasteiger partial charge in [0, 0.05) is 5.56 Å². The normalized spacial score (nSPS) is 33.0. The molecule has 27 heavy (non-hydrogen) atoms. The summed E-state index contributed by atoms with van der Waals surface area (Å²) in [5, 5.41) is 0. The molecule has 4 bridgehead atoms. The van der Waals surface area contributed by atoms with E-state index >= 15 is 0 Å². The molecule has 4 fully saturated rings. The molecule has 0 heterocycles. The first-order chi connectivity index (χ1) is 12.7. The minimum absolute atomic E-state index is 0.0537. The lowest BCUT2D eigenvalue weighted by Gasteiger charge is -2.55. The van der Waals surface area contributed by atoms with E-state index < -0.39 is 6.10 Å². The second-order valence-electron chi connectivity index (χ2n) is 10.4. The highest BCUT2D eigenvalue weighted by Gasteiger charge is 2.55. The van der Waals surface area contributed by atoms with Gasteiger partial charge in [-0.2, -0.15) is 0 Å². The van der Waals surface area contributed by atoms with Crippen LogP contribution in [-0.2, 0) is 14.9 Å². The van der Waals surface area contributed by atoms with Crippen LogP contribution in [0.25, 0.3) is 0 Å². The van der Waals surface area contributed by atoms with Crippen LogP contribution in [0.3, 0.4) is 0 Å². The Bertz CT molecular complexity index is 703. The van der Waals surface area contributed by atoms with E-state index in [1.165, 1.54) is 24.8 Å². The number of esters is 1. The molecule has 4 aliphatic rings. The molecule has 0 spiro atoms. The Labute approximate surface area is 162 Å². The zero-order valence-electron chi connectivity index (χ0n) is 17.1. The summed E-state index contributed by atoms with van der Waals surface area (Å²) in [4.78, 5) is 25.8. The smallest absolute Gasteiger partial charge is 0.312 e. The van der Waals surface area contributed by atoms with Crippen LogP contribution in [0.5, 0.6) is 0 Å². The maximum absolute atomic E-state index is 13.1. The van der Waals surface area contributed by atoms with Crippen molar-refractivity contribution in [1.29, 1.82) is 0 Å². The third-order valence-electron chi connectivity index (χ3n) is 7.16. The van der Waals surface area contributed by atoms with E-state index in [0.717, 1.165) is 19.3 Å². The first-order valence-corrected chi connectivity index (χ1v) is 10.5. The van der Waals surface area contributed by atoms with Gasteiger partial charge in [0.2, 0.25) is 5.78 Å². The van der Waals surface area contributed by atoms with Gasteiger partial charge in [-0.15, -0.1) is 0 Å². The van der Waals surface area contributed by atoms with Crippen molar-refractivity contribution in [2.24, 2.45) is 23.2 Å². The summed E-state index contributed by atoms with van der Waals surface area (Å²) >= 11 is 0. The average molecular weight is 369 g/mol. The number of carbonyl (C=O) groups excluding carboxylic acids is 2. The Kier molecular flexibility index (Phi) is 4.48. The van der Waals surface area contributed by atoms with Gasteiger partial charge in [-0.1, -0.05) is 45.0 Å². The lowest BCUT2D eigenvalue weighted by Crippen LogP contribution is -2.51. The van der Waals surface area contributed by atoms with E-state index in [-0.39, 0.29) is 22.6 Å². The molecule has 3 heteroatoms. The van der Waals surface area contributed by atoms with E-state index in [2.05, 4.69) is 20.8 Å². The molecule has 4 aliphatic carbocycles. The maximum Gasteiger partial charge on any atom is 0.312 e. The lowest BCUT2D eigenvalue weighted by molar-refractivity contribution is -0.174. The highest BCUT2D eigenvalue weighted by molar-refractivity contribution is 6.00. The van der Waals surface area contributed by atoms with Gasteiger partial charge >= 0.3 is 5.97 Å². The number of rotatable bonds is 4. The van der Waals surface area contributed by atoms with Crippen LogP contribution in [0.1, 0.15) is 82.1 Å². The van der Waals surface area contributed by atoms with E-state index in [4.69, 9.17) is 4.74 Å². The van der Waals surface area contributed by atoms with Gasteiger partial charge in [-0.3, -0.25) is 9.59 Å². The Morgan fingerprint density at radius 2 is 1.44 bits per heavy atom. The molecule has 146 valence electrons. The molecule has 0 amide bonds. The second kappa shape index (κ2) is 6.46. The molecule has 1 aromatic carbocycles. The third-order valence-corrected chi connectivity index (χ3v) is 7.16. The summed E-state index contributed by atoms with van der Waals surface area (Å²) < 4.78 is 5.76. The van der Waals surface area contributed by atoms with Crippen LogP contribution >= 0.6 is 0 Å². The van der Waals surface area contributed by atoms with Crippen molar-refractivity contribution in [3.8, 4) is 0 Å². The Hall–Kier alpha value is -1.64. The Balaban J connectivity index is 1.43. The van der Waals surface area contributed by atoms with Gasteiger partial charge in [-0.05, 0) is 74.2 Å². The van der Waals surface area contributed by atoms with E-state index in [1.807, 2.05) is 24.3 Å². The second-order valence-corrected chi connectivity index (χ2v) is 10.4. The first-order valence-electron chi connectivity index (χ1n) is 10.5. The van der Waals surface area contributed by atoms with E-state index in [1.54, 1.807) is 6.92 Å². The van der Waals surface area contributed by atoms with Crippen molar-refractivity contribution in [1.82, 2.24) is 0 Å². The maximum atomic E-state index is 13.1. The number of hydrogen-bond donors (Lipinski definition) is 0. The number of benzene rings is 1. The van der Waals surface area contributed by atoms with Crippen molar-refractivity contribution in [2.75, 3.05) is 0 Å². The molecular weight excluding hydrogens is 336 g/mol. The molecule has 4 saturated carbocycles. The fourth-order valence-corrected chi connectivity index (χ4v) is 6.07. The largest absolute Gasteiger partial charge is 0.454 e. The molecule has 5 rings (SSSR count). The standard InChI is InChI=1S/C24H32O3/c1-15(21(25)19-5-7-20(8-6-19)23(2,3)4)27-22(26)24-12-16-9-17(13-24)11-18(10-16)14-24/h5-8,15-18H,9-14H2,1-4H3/t15-,16?,17?,18?,24?/m0/s1. The van der Waals surface area contributed by atoms with Crippen LogP contribution in [-0.4, -0.2) is 17.9 Å². The van der Waals surface area contributed by atoms with Gasteiger partial charge in [0.1, 0.15) is 0 Å². The monoisotopic (exact) mass is 368 g/mol. The molecule has 0 radical (unpaired) electrons. The van der Waals surface area contributed by atoms with Crippen LogP contribution in [0.15, 0.2) is 24.3 Å². The fourth-order valence-electron chi connectivity index (χ4n) is 6.07. The van der Waals surface area contributed by atoms with Crippen molar-refractivity contribution < 1.29 is 14.3 Å². The summed E-state index contributed by atoms with van der Waals surface area (Å²) in [6.07, 6.45) is 6.08.